The molecule has 3 aromatic rings. The molecule has 0 saturated heterocycles. The number of carbonyl (C=O) groups excluding carboxylic acids is 1. The van der Waals surface area contributed by atoms with Gasteiger partial charge in [0.25, 0.3) is 5.91 Å². The predicted octanol–water partition coefficient (Wildman–Crippen LogP) is 4.20. The lowest BCUT2D eigenvalue weighted by molar-refractivity contribution is 0.0949. The van der Waals surface area contributed by atoms with Gasteiger partial charge in [0.05, 0.1) is 0 Å². The summed E-state index contributed by atoms with van der Waals surface area (Å²) in [7, 11) is 0. The van der Waals surface area contributed by atoms with Crippen LogP contribution in [-0.2, 0) is 6.42 Å². The van der Waals surface area contributed by atoms with E-state index < -0.39 is 0 Å². The second kappa shape index (κ2) is 8.79. The first-order valence-electron chi connectivity index (χ1n) is 8.78. The summed E-state index contributed by atoms with van der Waals surface area (Å²) in [5.74, 6) is 0.00668. The molecule has 0 radical (unpaired) electrons. The molecule has 0 aliphatic heterocycles. The van der Waals surface area contributed by atoms with Gasteiger partial charge in [0.1, 0.15) is 0 Å². The van der Waals surface area contributed by atoms with Gasteiger partial charge in [0.2, 0.25) is 0 Å². The Labute approximate surface area is 153 Å². The summed E-state index contributed by atoms with van der Waals surface area (Å²) < 4.78 is 1.22. The Kier molecular flexibility index (Phi) is 6.20. The minimum absolute atomic E-state index is 0.00668. The van der Waals surface area contributed by atoms with Gasteiger partial charge >= 0.3 is 0 Å². The molecular formula is C21H24N2OS. The predicted molar refractivity (Wildman–Crippen MR) is 106 cm³/mol. The van der Waals surface area contributed by atoms with Gasteiger partial charge in [0, 0.05) is 29.9 Å². The van der Waals surface area contributed by atoms with E-state index in [1.165, 1.54) is 10.3 Å². The molecule has 0 aliphatic rings. The molecule has 0 atom stereocenters. The molecule has 0 fully saturated rings. The topological polar surface area (TPSA) is 32.3 Å². The van der Waals surface area contributed by atoms with Crippen molar-refractivity contribution in [2.24, 2.45) is 0 Å². The molecule has 4 heteroatoms. The number of fused-ring (bicyclic) bond motifs is 1. The third-order valence-electron chi connectivity index (χ3n) is 4.43. The average Bonchev–Trinajstić information content (AvgIpc) is 3.13. The molecule has 0 saturated carbocycles. The molecule has 1 aromatic heterocycles. The van der Waals surface area contributed by atoms with Crippen molar-refractivity contribution in [3.05, 3.63) is 71.1 Å². The molecule has 0 unspecified atom stereocenters. The minimum atomic E-state index is 0.00668. The molecule has 0 spiro atoms. The number of hydrogen-bond acceptors (Lipinski definition) is 3. The monoisotopic (exact) mass is 352 g/mol. The van der Waals surface area contributed by atoms with E-state index in [1.54, 1.807) is 11.3 Å². The maximum atomic E-state index is 12.3. The highest BCUT2D eigenvalue weighted by Gasteiger charge is 2.08. The molecule has 25 heavy (non-hydrogen) atoms. The maximum Gasteiger partial charge on any atom is 0.251 e. The smallest absolute Gasteiger partial charge is 0.251 e. The zero-order valence-corrected chi connectivity index (χ0v) is 15.4. The minimum Gasteiger partial charge on any atom is -0.351 e. The number of amides is 1. The summed E-state index contributed by atoms with van der Waals surface area (Å²) in [5.41, 5.74) is 2.09. The van der Waals surface area contributed by atoms with Gasteiger partial charge in [0.15, 0.2) is 0 Å². The van der Waals surface area contributed by atoms with E-state index in [2.05, 4.69) is 52.9 Å². The Morgan fingerprint density at radius 2 is 1.92 bits per heavy atom. The van der Waals surface area contributed by atoms with Crippen molar-refractivity contribution in [1.29, 1.82) is 0 Å². The van der Waals surface area contributed by atoms with E-state index in [4.69, 9.17) is 0 Å². The Bertz CT molecular complexity index is 813. The van der Waals surface area contributed by atoms with Crippen molar-refractivity contribution in [3.8, 4) is 0 Å². The number of nitrogens with one attached hydrogen (secondary N) is 1. The summed E-state index contributed by atoms with van der Waals surface area (Å²) in [6.07, 6.45) is 1.04. The SMILES string of the molecule is CCN(CCNC(=O)c1ccc2sccc2c1)CCc1ccccc1. The Hall–Kier alpha value is -2.17. The molecule has 1 N–H and O–H groups in total. The fourth-order valence-electron chi connectivity index (χ4n) is 2.90. The van der Waals surface area contributed by atoms with Crippen LogP contribution in [0.2, 0.25) is 0 Å². The van der Waals surface area contributed by atoms with Gasteiger partial charge in [-0.05, 0) is 53.6 Å². The van der Waals surface area contributed by atoms with Crippen molar-refractivity contribution >= 4 is 27.3 Å². The fraction of sp³-hybridized carbons (Fsp3) is 0.286. The van der Waals surface area contributed by atoms with Crippen LogP contribution in [0.1, 0.15) is 22.8 Å². The summed E-state index contributed by atoms with van der Waals surface area (Å²) in [5, 5.41) is 6.23. The number of benzene rings is 2. The summed E-state index contributed by atoms with van der Waals surface area (Å²) in [6.45, 7) is 5.71. The lowest BCUT2D eigenvalue weighted by atomic mass is 10.1. The number of rotatable bonds is 8. The molecular weight excluding hydrogens is 328 g/mol. The first kappa shape index (κ1) is 17.6. The van der Waals surface area contributed by atoms with Crippen LogP contribution in [0.25, 0.3) is 10.1 Å². The van der Waals surface area contributed by atoms with Gasteiger partial charge in [-0.2, -0.15) is 0 Å². The number of thiophene rings is 1. The third kappa shape index (κ3) is 4.91. The van der Waals surface area contributed by atoms with E-state index in [1.807, 2.05) is 24.3 Å². The zero-order chi connectivity index (χ0) is 17.5. The van der Waals surface area contributed by atoms with Crippen molar-refractivity contribution in [1.82, 2.24) is 10.2 Å². The Morgan fingerprint density at radius 1 is 1.08 bits per heavy atom. The molecule has 3 rings (SSSR count). The summed E-state index contributed by atoms with van der Waals surface area (Å²) in [4.78, 5) is 14.7. The van der Waals surface area contributed by atoms with Crippen LogP contribution in [0, 0.1) is 0 Å². The van der Waals surface area contributed by atoms with Crippen molar-refractivity contribution in [2.45, 2.75) is 13.3 Å². The van der Waals surface area contributed by atoms with Crippen molar-refractivity contribution in [3.63, 3.8) is 0 Å². The van der Waals surface area contributed by atoms with E-state index in [0.29, 0.717) is 6.54 Å². The zero-order valence-electron chi connectivity index (χ0n) is 14.6. The number of likely N-dealkylation sites (N-methyl/N-ethyl adjacent to an activating group) is 1. The van der Waals surface area contributed by atoms with Gasteiger partial charge in [-0.15, -0.1) is 11.3 Å². The molecule has 1 heterocycles. The lowest BCUT2D eigenvalue weighted by Gasteiger charge is -2.20. The van der Waals surface area contributed by atoms with E-state index in [9.17, 15) is 4.79 Å². The van der Waals surface area contributed by atoms with Gasteiger partial charge < -0.3 is 10.2 Å². The number of nitrogens with zero attached hydrogens (tertiary/aromatic N) is 1. The number of carbonyl (C=O) groups is 1. The van der Waals surface area contributed by atoms with Crippen LogP contribution in [0.4, 0.5) is 0 Å². The highest BCUT2D eigenvalue weighted by Crippen LogP contribution is 2.21. The van der Waals surface area contributed by atoms with Gasteiger partial charge in [-0.25, -0.2) is 0 Å². The second-order valence-corrected chi connectivity index (χ2v) is 7.05. The van der Waals surface area contributed by atoms with Crippen LogP contribution in [0.3, 0.4) is 0 Å². The molecule has 2 aromatic carbocycles. The molecule has 130 valence electrons. The Balaban J connectivity index is 1.46. The van der Waals surface area contributed by atoms with Crippen LogP contribution < -0.4 is 5.32 Å². The molecule has 1 amide bonds. The molecule has 3 nitrogen and oxygen atoms in total. The van der Waals surface area contributed by atoms with Crippen LogP contribution >= 0.6 is 11.3 Å². The van der Waals surface area contributed by atoms with Crippen LogP contribution in [0.5, 0.6) is 0 Å². The molecule has 0 bridgehead atoms. The first-order valence-corrected chi connectivity index (χ1v) is 9.66. The van der Waals surface area contributed by atoms with Crippen molar-refractivity contribution < 1.29 is 4.79 Å². The highest BCUT2D eigenvalue weighted by molar-refractivity contribution is 7.17. The molecule has 0 aliphatic carbocycles. The normalized spacial score (nSPS) is 11.1. The largest absolute Gasteiger partial charge is 0.351 e. The van der Waals surface area contributed by atoms with E-state index in [-0.39, 0.29) is 5.91 Å². The Morgan fingerprint density at radius 3 is 2.72 bits per heavy atom. The lowest BCUT2D eigenvalue weighted by Crippen LogP contribution is -2.36. The van der Waals surface area contributed by atoms with E-state index >= 15 is 0 Å². The van der Waals surface area contributed by atoms with Gasteiger partial charge in [-0.3, -0.25) is 4.79 Å². The second-order valence-electron chi connectivity index (χ2n) is 6.10. The average molecular weight is 353 g/mol. The van der Waals surface area contributed by atoms with Crippen LogP contribution in [-0.4, -0.2) is 37.0 Å². The number of hydrogen-bond donors (Lipinski definition) is 1. The third-order valence-corrected chi connectivity index (χ3v) is 5.33. The maximum absolute atomic E-state index is 12.3. The fourth-order valence-corrected chi connectivity index (χ4v) is 3.67. The first-order chi connectivity index (χ1) is 12.3. The summed E-state index contributed by atoms with van der Waals surface area (Å²) >= 11 is 1.70. The van der Waals surface area contributed by atoms with Crippen molar-refractivity contribution in [2.75, 3.05) is 26.2 Å². The van der Waals surface area contributed by atoms with E-state index in [0.717, 1.165) is 37.0 Å². The quantitative estimate of drug-likeness (QED) is 0.659. The van der Waals surface area contributed by atoms with Crippen LogP contribution in [0.15, 0.2) is 60.0 Å². The summed E-state index contributed by atoms with van der Waals surface area (Å²) in [6, 6.07) is 18.5. The standard InChI is InChI=1S/C21H24N2OS/c1-2-23(13-10-17-6-4-3-5-7-17)14-12-22-21(24)19-8-9-20-18(16-19)11-15-25-20/h3-9,11,15-16H,2,10,12-14H2,1H3,(H,22,24). The highest BCUT2D eigenvalue weighted by atomic mass is 32.1. The van der Waals surface area contributed by atoms with Gasteiger partial charge in [-0.1, -0.05) is 37.3 Å².